The molecule has 0 unspecified atom stereocenters. The summed E-state index contributed by atoms with van der Waals surface area (Å²) >= 11 is 0. The number of hydrogen-bond donors (Lipinski definition) is 2. The summed E-state index contributed by atoms with van der Waals surface area (Å²) in [6, 6.07) is 0. The zero-order valence-electron chi connectivity index (χ0n) is 11.9. The second kappa shape index (κ2) is 7.69. The summed E-state index contributed by atoms with van der Waals surface area (Å²) in [7, 11) is 0. The predicted molar refractivity (Wildman–Crippen MR) is 79.5 cm³/mol. The van der Waals surface area contributed by atoms with E-state index in [2.05, 4.69) is 46.6 Å². The van der Waals surface area contributed by atoms with E-state index in [4.69, 9.17) is 0 Å². The second-order valence-corrected chi connectivity index (χ2v) is 4.55. The van der Waals surface area contributed by atoms with Crippen molar-refractivity contribution in [1.82, 2.24) is 10.6 Å². The highest BCUT2D eigenvalue weighted by Gasteiger charge is 1.94. The third kappa shape index (κ3) is 6.23. The zero-order valence-corrected chi connectivity index (χ0v) is 11.9. The van der Waals surface area contributed by atoms with E-state index in [1.807, 2.05) is 13.8 Å². The average Bonchev–Trinajstić information content (AvgIpc) is 2.29. The zero-order chi connectivity index (χ0) is 13.4. The minimum atomic E-state index is 0.789. The summed E-state index contributed by atoms with van der Waals surface area (Å²) in [6.45, 7) is 11.5. The van der Waals surface area contributed by atoms with Crippen LogP contribution in [-0.4, -0.2) is 37.6 Å². The van der Waals surface area contributed by atoms with Crippen LogP contribution in [0.2, 0.25) is 0 Å². The molecular weight excluding hydrogens is 224 g/mol. The molecule has 4 heteroatoms. The first-order chi connectivity index (χ1) is 8.58. The van der Waals surface area contributed by atoms with Crippen LogP contribution in [0.4, 0.5) is 0 Å². The van der Waals surface area contributed by atoms with E-state index in [0.29, 0.717) is 0 Å². The molecule has 0 bridgehead atoms. The minimum Gasteiger partial charge on any atom is -0.387 e. The molecule has 0 spiro atoms. The molecule has 18 heavy (non-hydrogen) atoms. The highest BCUT2D eigenvalue weighted by Crippen LogP contribution is 1.93. The Labute approximate surface area is 110 Å². The summed E-state index contributed by atoms with van der Waals surface area (Å²) < 4.78 is 0. The quantitative estimate of drug-likeness (QED) is 0.688. The molecule has 2 N–H and O–H groups in total. The van der Waals surface area contributed by atoms with Crippen molar-refractivity contribution < 1.29 is 0 Å². The van der Waals surface area contributed by atoms with Crippen molar-refractivity contribution in [1.29, 1.82) is 0 Å². The molecule has 0 atom stereocenters. The van der Waals surface area contributed by atoms with Gasteiger partial charge in [-0.25, -0.2) is 0 Å². The van der Waals surface area contributed by atoms with Crippen LogP contribution in [0.3, 0.4) is 0 Å². The van der Waals surface area contributed by atoms with Crippen LogP contribution in [0, 0.1) is 0 Å². The first kappa shape index (κ1) is 14.5. The molecule has 0 radical (unpaired) electrons. The number of allylic oxidation sites excluding steroid dienone is 4. The van der Waals surface area contributed by atoms with Gasteiger partial charge < -0.3 is 10.6 Å². The van der Waals surface area contributed by atoms with Gasteiger partial charge in [0.05, 0.1) is 13.1 Å². The maximum absolute atomic E-state index is 4.50. The van der Waals surface area contributed by atoms with Crippen molar-refractivity contribution in [2.45, 2.75) is 27.7 Å². The fourth-order valence-corrected chi connectivity index (χ4v) is 1.79. The molecule has 1 rings (SSSR count). The van der Waals surface area contributed by atoms with Crippen LogP contribution in [0.1, 0.15) is 27.7 Å². The lowest BCUT2D eigenvalue weighted by atomic mass is 10.3. The highest BCUT2D eigenvalue weighted by atomic mass is 14.9. The van der Waals surface area contributed by atoms with E-state index in [1.165, 1.54) is 0 Å². The van der Waals surface area contributed by atoms with E-state index in [-0.39, 0.29) is 0 Å². The maximum atomic E-state index is 4.50. The Balaban J connectivity index is 2.72. The number of aliphatic imine (C=N–C) groups is 2. The average molecular weight is 248 g/mol. The predicted octanol–water partition coefficient (Wildman–Crippen LogP) is 1.91. The van der Waals surface area contributed by atoms with E-state index < -0.39 is 0 Å². The fraction of sp³-hybridized carbons (Fsp3) is 0.571. The molecule has 0 saturated heterocycles. The normalized spacial score (nSPS) is 19.3. The molecule has 0 aromatic rings. The van der Waals surface area contributed by atoms with Gasteiger partial charge in [-0.3, -0.25) is 9.98 Å². The van der Waals surface area contributed by atoms with Gasteiger partial charge in [-0.1, -0.05) is 0 Å². The molecule has 1 aliphatic rings. The number of nitrogens with zero attached hydrogens (tertiary/aromatic N) is 2. The largest absolute Gasteiger partial charge is 0.387 e. The van der Waals surface area contributed by atoms with Crippen LogP contribution < -0.4 is 10.6 Å². The SMILES string of the molecule is CC1=CC(C)=NCCNC(C)=CC(C)=NCCN1. The molecule has 100 valence electrons. The van der Waals surface area contributed by atoms with Gasteiger partial charge >= 0.3 is 0 Å². The van der Waals surface area contributed by atoms with E-state index >= 15 is 0 Å². The van der Waals surface area contributed by atoms with Crippen molar-refractivity contribution in [3.8, 4) is 0 Å². The Kier molecular flexibility index (Phi) is 6.19. The van der Waals surface area contributed by atoms with E-state index in [1.54, 1.807) is 0 Å². The van der Waals surface area contributed by atoms with Gasteiger partial charge in [0.15, 0.2) is 0 Å². The molecule has 0 fully saturated rings. The monoisotopic (exact) mass is 248 g/mol. The summed E-state index contributed by atoms with van der Waals surface area (Å²) in [4.78, 5) is 8.99. The van der Waals surface area contributed by atoms with Gasteiger partial charge in [-0.15, -0.1) is 0 Å². The topological polar surface area (TPSA) is 48.8 Å². The summed E-state index contributed by atoms with van der Waals surface area (Å²) in [5.74, 6) is 0. The Hall–Kier alpha value is -1.58. The Bertz CT molecular complexity index is 351. The van der Waals surface area contributed by atoms with Gasteiger partial charge in [-0.2, -0.15) is 0 Å². The lowest BCUT2D eigenvalue weighted by Gasteiger charge is -2.08. The maximum Gasteiger partial charge on any atom is 0.0565 e. The van der Waals surface area contributed by atoms with Crippen LogP contribution >= 0.6 is 0 Å². The van der Waals surface area contributed by atoms with Crippen LogP contribution in [0.15, 0.2) is 33.5 Å². The summed E-state index contributed by atoms with van der Waals surface area (Å²) in [5.41, 5.74) is 4.39. The van der Waals surface area contributed by atoms with Crippen molar-refractivity contribution in [3.63, 3.8) is 0 Å². The molecule has 1 heterocycles. The molecule has 0 aliphatic carbocycles. The summed E-state index contributed by atoms with van der Waals surface area (Å²) in [6.07, 6.45) is 4.15. The van der Waals surface area contributed by atoms with Crippen molar-refractivity contribution in [2.24, 2.45) is 9.98 Å². The smallest absolute Gasteiger partial charge is 0.0565 e. The van der Waals surface area contributed by atoms with Gasteiger partial charge in [0, 0.05) is 35.9 Å². The number of nitrogens with one attached hydrogen (secondary N) is 2. The molecule has 0 aromatic heterocycles. The van der Waals surface area contributed by atoms with Crippen LogP contribution in [0.5, 0.6) is 0 Å². The molecule has 4 nitrogen and oxygen atoms in total. The standard InChI is InChI=1S/C14H24N4/c1-11-9-12(2)16-7-8-18-14(4)10-13(3)17-6-5-15-11/h9-10,15,18H,5-8H2,1-4H3. The van der Waals surface area contributed by atoms with Gasteiger partial charge in [0.1, 0.15) is 0 Å². The third-order valence-corrected chi connectivity index (χ3v) is 2.60. The molecule has 0 amide bonds. The lowest BCUT2D eigenvalue weighted by Crippen LogP contribution is -2.19. The molecule has 0 saturated carbocycles. The van der Waals surface area contributed by atoms with E-state index in [9.17, 15) is 0 Å². The van der Waals surface area contributed by atoms with Crippen molar-refractivity contribution in [3.05, 3.63) is 23.5 Å². The first-order valence-electron chi connectivity index (χ1n) is 6.44. The Morgan fingerprint density at radius 3 is 1.56 bits per heavy atom. The Morgan fingerprint density at radius 2 is 1.17 bits per heavy atom. The fourth-order valence-electron chi connectivity index (χ4n) is 1.79. The number of rotatable bonds is 0. The van der Waals surface area contributed by atoms with Gasteiger partial charge in [-0.05, 0) is 39.8 Å². The van der Waals surface area contributed by atoms with Crippen LogP contribution in [0.25, 0.3) is 0 Å². The first-order valence-corrected chi connectivity index (χ1v) is 6.44. The van der Waals surface area contributed by atoms with E-state index in [0.717, 1.165) is 49.0 Å². The second-order valence-electron chi connectivity index (χ2n) is 4.55. The Morgan fingerprint density at radius 1 is 0.778 bits per heavy atom. The third-order valence-electron chi connectivity index (χ3n) is 2.60. The molecular formula is C14H24N4. The molecule has 1 aliphatic heterocycles. The van der Waals surface area contributed by atoms with Gasteiger partial charge in [0.25, 0.3) is 0 Å². The highest BCUT2D eigenvalue weighted by molar-refractivity contribution is 5.93. The van der Waals surface area contributed by atoms with Gasteiger partial charge in [0.2, 0.25) is 0 Å². The summed E-state index contributed by atoms with van der Waals surface area (Å²) in [5, 5.41) is 6.67. The molecule has 0 aromatic carbocycles. The van der Waals surface area contributed by atoms with Crippen molar-refractivity contribution in [2.75, 3.05) is 26.2 Å². The lowest BCUT2D eigenvalue weighted by molar-refractivity contribution is 0.790. The minimum absolute atomic E-state index is 0.789. The van der Waals surface area contributed by atoms with Crippen LogP contribution in [-0.2, 0) is 0 Å². The number of hydrogen-bond acceptors (Lipinski definition) is 4. The van der Waals surface area contributed by atoms with Crippen molar-refractivity contribution >= 4 is 11.4 Å².